The number of ether oxygens (including phenoxy) is 1. The van der Waals surface area contributed by atoms with Crippen molar-refractivity contribution in [3.8, 4) is 0 Å². The molecule has 0 radical (unpaired) electrons. The Balaban J connectivity index is 2.69. The number of rotatable bonds is 3. The highest BCUT2D eigenvalue weighted by Crippen LogP contribution is 2.26. The molecule has 2 aromatic rings. The van der Waals surface area contributed by atoms with Crippen molar-refractivity contribution in [2.24, 2.45) is 0 Å². The second-order valence-corrected chi connectivity index (χ2v) is 5.57. The summed E-state index contributed by atoms with van der Waals surface area (Å²) >= 11 is 1.49. The lowest BCUT2D eigenvalue weighted by atomic mass is 10.2. The molecule has 1 atom stereocenters. The highest BCUT2D eigenvalue weighted by atomic mass is 32.1. The molecule has 0 fully saturated rings. The van der Waals surface area contributed by atoms with Crippen LogP contribution >= 0.6 is 11.3 Å². The van der Waals surface area contributed by atoms with Gasteiger partial charge in [0.25, 0.3) is 5.56 Å². The van der Waals surface area contributed by atoms with Crippen molar-refractivity contribution in [1.29, 1.82) is 0 Å². The van der Waals surface area contributed by atoms with Crippen molar-refractivity contribution in [2.45, 2.75) is 33.2 Å². The van der Waals surface area contributed by atoms with Gasteiger partial charge in [0.2, 0.25) is 0 Å². The van der Waals surface area contributed by atoms with Gasteiger partial charge in [0.05, 0.1) is 18.8 Å². The highest BCUT2D eigenvalue weighted by Gasteiger charge is 2.22. The summed E-state index contributed by atoms with van der Waals surface area (Å²) in [6, 6.07) is -0.617. The summed E-state index contributed by atoms with van der Waals surface area (Å²) in [4.78, 5) is 30.3. The molecule has 0 aliphatic rings. The summed E-state index contributed by atoms with van der Waals surface area (Å²) in [5.74, 6) is -0.421. The maximum atomic E-state index is 12.5. The number of hydrogen-bond donors (Lipinski definition) is 0. The summed E-state index contributed by atoms with van der Waals surface area (Å²) in [6.45, 7) is 5.70. The Morgan fingerprint density at radius 2 is 2.21 bits per heavy atom. The summed E-state index contributed by atoms with van der Waals surface area (Å²) in [6.07, 6.45) is 1.92. The third kappa shape index (κ3) is 2.16. The van der Waals surface area contributed by atoms with E-state index in [0.29, 0.717) is 11.8 Å². The summed E-state index contributed by atoms with van der Waals surface area (Å²) < 4.78 is 6.10. The first kappa shape index (κ1) is 13.7. The van der Waals surface area contributed by atoms with Crippen LogP contribution in [0.2, 0.25) is 0 Å². The predicted molar refractivity (Wildman–Crippen MR) is 74.7 cm³/mol. The monoisotopic (exact) mass is 280 g/mol. The number of carbonyl (C=O) groups is 1. The number of methoxy groups -OCH3 is 1. The second-order valence-electron chi connectivity index (χ2n) is 4.37. The van der Waals surface area contributed by atoms with Gasteiger partial charge >= 0.3 is 5.97 Å². The Kier molecular flexibility index (Phi) is 3.71. The van der Waals surface area contributed by atoms with Crippen molar-refractivity contribution >= 4 is 27.5 Å². The molecule has 1 unspecified atom stereocenters. The number of esters is 1. The van der Waals surface area contributed by atoms with Gasteiger partial charge in [-0.15, -0.1) is 11.3 Å². The number of fused-ring (bicyclic) bond motifs is 1. The smallest absolute Gasteiger partial charge is 0.329 e. The van der Waals surface area contributed by atoms with E-state index in [4.69, 9.17) is 4.74 Å². The normalized spacial score (nSPS) is 12.6. The molecule has 0 bridgehead atoms. The molecule has 0 aliphatic carbocycles. The molecule has 0 aromatic carbocycles. The molecule has 0 aliphatic heterocycles. The zero-order chi connectivity index (χ0) is 14.2. The number of carbonyl (C=O) groups excluding carboxylic acids is 1. The molecule has 2 heterocycles. The number of aromatic nitrogens is 2. The molecule has 0 saturated heterocycles. The van der Waals surface area contributed by atoms with E-state index in [1.54, 1.807) is 0 Å². The van der Waals surface area contributed by atoms with Crippen LogP contribution in [0.1, 0.15) is 29.8 Å². The minimum absolute atomic E-state index is 0.177. The van der Waals surface area contributed by atoms with Gasteiger partial charge in [-0.2, -0.15) is 0 Å². The summed E-state index contributed by atoms with van der Waals surface area (Å²) in [5, 5.41) is 0.604. The quantitative estimate of drug-likeness (QED) is 0.809. The molecule has 0 saturated carbocycles. The van der Waals surface area contributed by atoms with E-state index in [1.807, 2.05) is 20.8 Å². The van der Waals surface area contributed by atoms with Crippen LogP contribution in [0.3, 0.4) is 0 Å². The predicted octanol–water partition coefficient (Wildman–Crippen LogP) is 2.20. The van der Waals surface area contributed by atoms with Gasteiger partial charge in [-0.3, -0.25) is 9.36 Å². The number of aryl methyl sites for hydroxylation is 2. The third-order valence-electron chi connectivity index (χ3n) is 3.31. The van der Waals surface area contributed by atoms with Gasteiger partial charge in [0.1, 0.15) is 10.9 Å². The van der Waals surface area contributed by atoms with E-state index >= 15 is 0 Å². The summed E-state index contributed by atoms with van der Waals surface area (Å²) in [5.41, 5.74) is 0.760. The van der Waals surface area contributed by atoms with Gasteiger partial charge in [0.15, 0.2) is 0 Å². The average Bonchev–Trinajstić information content (AvgIpc) is 2.69. The largest absolute Gasteiger partial charge is 0.467 e. The first-order valence-electron chi connectivity index (χ1n) is 6.05. The highest BCUT2D eigenvalue weighted by molar-refractivity contribution is 7.18. The van der Waals surface area contributed by atoms with Gasteiger partial charge in [-0.25, -0.2) is 9.78 Å². The Labute approximate surface area is 114 Å². The Hall–Kier alpha value is -1.69. The average molecular weight is 280 g/mol. The topological polar surface area (TPSA) is 61.2 Å². The summed E-state index contributed by atoms with van der Waals surface area (Å²) in [7, 11) is 1.32. The lowest BCUT2D eigenvalue weighted by Gasteiger charge is -2.15. The fourth-order valence-corrected chi connectivity index (χ4v) is 3.07. The van der Waals surface area contributed by atoms with Crippen LogP contribution in [0.5, 0.6) is 0 Å². The van der Waals surface area contributed by atoms with Crippen molar-refractivity contribution < 1.29 is 9.53 Å². The molecule has 0 N–H and O–H groups in total. The van der Waals surface area contributed by atoms with Crippen molar-refractivity contribution in [1.82, 2.24) is 9.55 Å². The van der Waals surface area contributed by atoms with Crippen LogP contribution in [0, 0.1) is 13.8 Å². The van der Waals surface area contributed by atoms with Crippen LogP contribution in [0.4, 0.5) is 0 Å². The zero-order valence-electron chi connectivity index (χ0n) is 11.4. The van der Waals surface area contributed by atoms with Crippen LogP contribution in [0.25, 0.3) is 10.2 Å². The van der Waals surface area contributed by atoms with Gasteiger partial charge in [-0.1, -0.05) is 6.92 Å². The van der Waals surface area contributed by atoms with Crippen molar-refractivity contribution in [2.75, 3.05) is 7.11 Å². The van der Waals surface area contributed by atoms with Gasteiger partial charge in [-0.05, 0) is 25.8 Å². The molecule has 19 heavy (non-hydrogen) atoms. The molecule has 6 heteroatoms. The van der Waals surface area contributed by atoms with E-state index in [9.17, 15) is 9.59 Å². The molecule has 2 aromatic heterocycles. The standard InChI is InChI=1S/C13H16N2O3S/c1-5-9(13(17)18-4)15-6-14-11-10(12(15)16)7(2)8(3)19-11/h6,9H,5H2,1-4H3. The lowest BCUT2D eigenvalue weighted by molar-refractivity contribution is -0.144. The van der Waals surface area contributed by atoms with Gasteiger partial charge < -0.3 is 4.74 Å². The molecular weight excluding hydrogens is 264 g/mol. The Morgan fingerprint density at radius 3 is 2.79 bits per heavy atom. The minimum atomic E-state index is -0.617. The maximum absolute atomic E-state index is 12.5. The lowest BCUT2D eigenvalue weighted by Crippen LogP contribution is -2.30. The number of thiophene rings is 1. The van der Waals surface area contributed by atoms with Crippen molar-refractivity contribution in [3.63, 3.8) is 0 Å². The van der Waals surface area contributed by atoms with Crippen LogP contribution in [0.15, 0.2) is 11.1 Å². The van der Waals surface area contributed by atoms with Gasteiger partial charge in [0, 0.05) is 4.88 Å². The van der Waals surface area contributed by atoms with E-state index in [0.717, 1.165) is 15.3 Å². The molecule has 0 amide bonds. The molecular formula is C13H16N2O3S. The van der Waals surface area contributed by atoms with E-state index in [2.05, 4.69) is 4.98 Å². The maximum Gasteiger partial charge on any atom is 0.329 e. The Bertz CT molecular complexity index is 687. The van der Waals surface area contributed by atoms with E-state index in [-0.39, 0.29) is 5.56 Å². The first-order chi connectivity index (χ1) is 9.01. The molecule has 5 nitrogen and oxygen atoms in total. The SMILES string of the molecule is CCC(C(=O)OC)n1cnc2sc(C)c(C)c2c1=O. The van der Waals surface area contributed by atoms with Crippen LogP contribution < -0.4 is 5.56 Å². The Morgan fingerprint density at radius 1 is 1.53 bits per heavy atom. The zero-order valence-corrected chi connectivity index (χ0v) is 12.2. The number of hydrogen-bond acceptors (Lipinski definition) is 5. The van der Waals surface area contributed by atoms with E-state index in [1.165, 1.54) is 29.3 Å². The fourth-order valence-electron chi connectivity index (χ4n) is 2.08. The third-order valence-corrected chi connectivity index (χ3v) is 4.43. The fraction of sp³-hybridized carbons (Fsp3) is 0.462. The van der Waals surface area contributed by atoms with E-state index < -0.39 is 12.0 Å². The van der Waals surface area contributed by atoms with Crippen LogP contribution in [-0.2, 0) is 9.53 Å². The molecule has 102 valence electrons. The number of nitrogens with zero attached hydrogens (tertiary/aromatic N) is 2. The first-order valence-corrected chi connectivity index (χ1v) is 6.87. The van der Waals surface area contributed by atoms with Crippen LogP contribution in [-0.4, -0.2) is 22.6 Å². The second kappa shape index (κ2) is 5.13. The minimum Gasteiger partial charge on any atom is -0.467 e. The van der Waals surface area contributed by atoms with Crippen molar-refractivity contribution in [3.05, 3.63) is 27.1 Å². The molecule has 2 rings (SSSR count). The molecule has 0 spiro atoms.